The highest BCUT2D eigenvalue weighted by Crippen LogP contribution is 2.64. The summed E-state index contributed by atoms with van der Waals surface area (Å²) in [5.74, 6) is 7.77. The molecule has 6 unspecified atom stereocenters. The van der Waals surface area contributed by atoms with E-state index in [2.05, 4.69) is 26.6 Å². The summed E-state index contributed by atoms with van der Waals surface area (Å²) in [7, 11) is 0. The van der Waals surface area contributed by atoms with Gasteiger partial charge in [-0.05, 0) is 61.2 Å². The van der Waals surface area contributed by atoms with Crippen LogP contribution in [-0.2, 0) is 0 Å². The molecule has 0 radical (unpaired) electrons. The molecule has 6 atom stereocenters. The van der Waals surface area contributed by atoms with Crippen LogP contribution < -0.4 is 0 Å². The Morgan fingerprint density at radius 2 is 2.00 bits per heavy atom. The summed E-state index contributed by atoms with van der Waals surface area (Å²) in [6.07, 6.45) is 22.6. The molecular weight excluding hydrogens is 287 g/mol. The van der Waals surface area contributed by atoms with Crippen molar-refractivity contribution in [1.82, 2.24) is 0 Å². The zero-order chi connectivity index (χ0) is 17.2. The Labute approximate surface area is 152 Å². The van der Waals surface area contributed by atoms with E-state index in [4.69, 9.17) is 6.42 Å². The maximum absolute atomic E-state index is 5.46. The molecule has 1 saturated heterocycles. The largest absolute Gasteiger partial charge is 0.140 e. The molecular formula is C23H39B. The van der Waals surface area contributed by atoms with Crippen LogP contribution in [0.25, 0.3) is 0 Å². The summed E-state index contributed by atoms with van der Waals surface area (Å²) in [5.41, 5.74) is 0.635. The lowest BCUT2D eigenvalue weighted by atomic mass is 9.33. The van der Waals surface area contributed by atoms with Crippen LogP contribution in [0, 0.1) is 41.4 Å². The monoisotopic (exact) mass is 326 g/mol. The van der Waals surface area contributed by atoms with Gasteiger partial charge in [0.25, 0.3) is 0 Å². The highest BCUT2D eigenvalue weighted by atomic mass is 14.6. The fourth-order valence-electron chi connectivity index (χ4n) is 7.38. The molecule has 3 aliphatic rings. The van der Waals surface area contributed by atoms with Crippen LogP contribution in [0.5, 0.6) is 0 Å². The van der Waals surface area contributed by atoms with Gasteiger partial charge in [0.2, 0.25) is 0 Å². The minimum Gasteiger partial charge on any atom is -0.120 e. The van der Waals surface area contributed by atoms with Crippen LogP contribution in [0.4, 0.5) is 0 Å². The van der Waals surface area contributed by atoms with E-state index in [1.807, 2.05) is 0 Å². The van der Waals surface area contributed by atoms with Gasteiger partial charge in [-0.15, -0.1) is 12.3 Å². The molecule has 0 aromatic rings. The van der Waals surface area contributed by atoms with Gasteiger partial charge in [-0.3, -0.25) is 0 Å². The average molecular weight is 326 g/mol. The second-order valence-electron chi connectivity index (χ2n) is 9.85. The Kier molecular flexibility index (Phi) is 6.05. The van der Waals surface area contributed by atoms with E-state index in [9.17, 15) is 0 Å². The normalized spacial score (nSPS) is 40.8. The molecule has 0 aromatic carbocycles. The van der Waals surface area contributed by atoms with Crippen molar-refractivity contribution in [3.8, 4) is 12.3 Å². The van der Waals surface area contributed by atoms with Gasteiger partial charge in [0, 0.05) is 6.42 Å². The van der Waals surface area contributed by atoms with Gasteiger partial charge in [-0.25, -0.2) is 0 Å². The predicted octanol–water partition coefficient (Wildman–Crippen LogP) is 6.94. The van der Waals surface area contributed by atoms with Crippen LogP contribution in [0.3, 0.4) is 0 Å². The van der Waals surface area contributed by atoms with E-state index in [1.165, 1.54) is 70.5 Å². The lowest BCUT2D eigenvalue weighted by molar-refractivity contribution is 0.0236. The van der Waals surface area contributed by atoms with Crippen LogP contribution in [0.1, 0.15) is 84.5 Å². The van der Waals surface area contributed by atoms with Gasteiger partial charge in [0.15, 0.2) is 0 Å². The third kappa shape index (κ3) is 3.45. The van der Waals surface area contributed by atoms with Gasteiger partial charge in [0.05, 0.1) is 0 Å². The van der Waals surface area contributed by atoms with Crippen molar-refractivity contribution in [2.75, 3.05) is 0 Å². The number of hydrogen-bond acceptors (Lipinski definition) is 0. The van der Waals surface area contributed by atoms with Gasteiger partial charge >= 0.3 is 0 Å². The molecule has 24 heavy (non-hydrogen) atoms. The first kappa shape index (κ1) is 18.4. The SMILES string of the molecule is C#CCCCC(C)C1CCC2C3CCCCCB(C)C3CCC12C. The fraction of sp³-hybridized carbons (Fsp3) is 0.913. The highest BCUT2D eigenvalue weighted by molar-refractivity contribution is 6.59. The van der Waals surface area contributed by atoms with E-state index in [-0.39, 0.29) is 0 Å². The first-order valence-corrected chi connectivity index (χ1v) is 11.0. The van der Waals surface area contributed by atoms with Crippen LogP contribution in [0.2, 0.25) is 19.0 Å². The summed E-state index contributed by atoms with van der Waals surface area (Å²) in [5, 5.41) is 0. The summed E-state index contributed by atoms with van der Waals surface area (Å²) >= 11 is 0. The predicted molar refractivity (Wildman–Crippen MR) is 108 cm³/mol. The van der Waals surface area contributed by atoms with Crippen molar-refractivity contribution in [3.63, 3.8) is 0 Å². The maximum atomic E-state index is 5.46. The number of unbranched alkanes of at least 4 members (excludes halogenated alkanes) is 1. The van der Waals surface area contributed by atoms with Crippen molar-refractivity contribution >= 4 is 6.71 Å². The van der Waals surface area contributed by atoms with E-state index in [0.717, 1.165) is 42.6 Å². The second kappa shape index (κ2) is 7.89. The molecule has 1 heteroatoms. The minimum atomic E-state index is 0.635. The van der Waals surface area contributed by atoms with Crippen molar-refractivity contribution in [3.05, 3.63) is 0 Å². The minimum absolute atomic E-state index is 0.635. The molecule has 0 N–H and O–H groups in total. The first-order valence-electron chi connectivity index (χ1n) is 11.0. The molecule has 3 rings (SSSR count). The van der Waals surface area contributed by atoms with Crippen molar-refractivity contribution < 1.29 is 0 Å². The first-order chi connectivity index (χ1) is 11.6. The van der Waals surface area contributed by atoms with Gasteiger partial charge in [-0.1, -0.05) is 64.9 Å². The molecule has 134 valence electrons. The smallest absolute Gasteiger partial charge is 0.120 e. The molecule has 0 spiro atoms. The van der Waals surface area contributed by atoms with E-state index < -0.39 is 0 Å². The Bertz CT molecular complexity index is 449. The molecule has 1 heterocycles. The highest BCUT2D eigenvalue weighted by Gasteiger charge is 2.55. The number of rotatable bonds is 4. The Morgan fingerprint density at radius 3 is 2.79 bits per heavy atom. The summed E-state index contributed by atoms with van der Waals surface area (Å²) in [6.45, 7) is 8.77. The topological polar surface area (TPSA) is 0 Å². The molecule has 2 aliphatic carbocycles. The van der Waals surface area contributed by atoms with Crippen molar-refractivity contribution in [2.24, 2.45) is 29.1 Å². The van der Waals surface area contributed by atoms with E-state index in [1.54, 1.807) is 0 Å². The third-order valence-electron chi connectivity index (χ3n) is 8.66. The molecule has 2 saturated carbocycles. The van der Waals surface area contributed by atoms with Gasteiger partial charge in [-0.2, -0.15) is 0 Å². The van der Waals surface area contributed by atoms with E-state index >= 15 is 0 Å². The molecule has 0 amide bonds. The molecule has 1 aliphatic heterocycles. The standard InChI is InChI=1S/C23H39B/c1-5-6-8-11-18(2)20-13-14-21-19-12-9-7-10-17-24(4)22(19)15-16-23(20,21)3/h1,18-22H,6-17H2,2-4H3. The zero-order valence-electron chi connectivity index (χ0n) is 16.5. The Hall–Kier alpha value is -0.375. The lowest BCUT2D eigenvalue weighted by Gasteiger charge is -2.52. The quantitative estimate of drug-likeness (QED) is 0.298. The lowest BCUT2D eigenvalue weighted by Crippen LogP contribution is -2.44. The Balaban J connectivity index is 1.72. The van der Waals surface area contributed by atoms with Crippen LogP contribution in [-0.4, -0.2) is 6.71 Å². The zero-order valence-corrected chi connectivity index (χ0v) is 16.5. The average Bonchev–Trinajstić information content (AvgIpc) is 2.89. The number of hydrogen-bond donors (Lipinski definition) is 0. The van der Waals surface area contributed by atoms with Crippen LogP contribution >= 0.6 is 0 Å². The third-order valence-corrected chi connectivity index (χ3v) is 8.66. The Morgan fingerprint density at radius 1 is 1.17 bits per heavy atom. The number of terminal acetylenes is 1. The maximum Gasteiger partial charge on any atom is 0.140 e. The van der Waals surface area contributed by atoms with Gasteiger partial charge < -0.3 is 0 Å². The molecule has 0 aromatic heterocycles. The summed E-state index contributed by atoms with van der Waals surface area (Å²) < 4.78 is 0. The number of fused-ring (bicyclic) bond motifs is 3. The van der Waals surface area contributed by atoms with Crippen molar-refractivity contribution in [2.45, 2.75) is 103 Å². The summed E-state index contributed by atoms with van der Waals surface area (Å²) in [6, 6.07) is 0. The van der Waals surface area contributed by atoms with Gasteiger partial charge in [0.1, 0.15) is 6.71 Å². The summed E-state index contributed by atoms with van der Waals surface area (Å²) in [4.78, 5) is 0. The molecule has 0 bridgehead atoms. The van der Waals surface area contributed by atoms with E-state index in [0.29, 0.717) is 5.41 Å². The molecule has 0 nitrogen and oxygen atoms in total. The second-order valence-corrected chi connectivity index (χ2v) is 9.85. The van der Waals surface area contributed by atoms with Crippen LogP contribution in [0.15, 0.2) is 0 Å². The fourth-order valence-corrected chi connectivity index (χ4v) is 7.38. The van der Waals surface area contributed by atoms with Crippen molar-refractivity contribution in [1.29, 1.82) is 0 Å². The molecule has 3 fully saturated rings.